The van der Waals surface area contributed by atoms with Crippen LogP contribution in [0, 0.1) is 6.92 Å². The number of carbonyl (C=O) groups excluding carboxylic acids is 2. The minimum absolute atomic E-state index is 0.309. The molecule has 0 radical (unpaired) electrons. The Kier molecular flexibility index (Phi) is 2.99. The number of benzene rings is 1. The van der Waals surface area contributed by atoms with Crippen LogP contribution in [0.3, 0.4) is 0 Å². The van der Waals surface area contributed by atoms with E-state index in [1.807, 2.05) is 13.0 Å². The number of nitrogens with zero attached hydrogens (tertiary/aromatic N) is 1. The zero-order chi connectivity index (χ0) is 11.9. The maximum Gasteiger partial charge on any atom is 0.258 e. The molecule has 2 rings (SSSR count). The van der Waals surface area contributed by atoms with E-state index in [1.54, 1.807) is 6.07 Å². The van der Waals surface area contributed by atoms with Gasteiger partial charge in [-0.1, -0.05) is 15.9 Å². The molecule has 0 spiro atoms. The van der Waals surface area contributed by atoms with Gasteiger partial charge in [0.25, 0.3) is 11.8 Å². The Bertz CT molecular complexity index is 482. The number of rotatable bonds is 1. The zero-order valence-electron chi connectivity index (χ0n) is 8.33. The van der Waals surface area contributed by atoms with Crippen molar-refractivity contribution in [3.8, 4) is 0 Å². The molecule has 82 valence electrons. The summed E-state index contributed by atoms with van der Waals surface area (Å²) in [6.07, 6.45) is 2.55. The first-order valence-corrected chi connectivity index (χ1v) is 6.11. The summed E-state index contributed by atoms with van der Waals surface area (Å²) in [5.74, 6) is -0.618. The van der Waals surface area contributed by atoms with Gasteiger partial charge in [0.15, 0.2) is 0 Å². The van der Waals surface area contributed by atoms with Gasteiger partial charge in [0.1, 0.15) is 0 Å². The highest BCUT2D eigenvalue weighted by Crippen LogP contribution is 2.34. The van der Waals surface area contributed by atoms with Crippen LogP contribution in [0.2, 0.25) is 0 Å². The van der Waals surface area contributed by atoms with Gasteiger partial charge in [-0.05, 0) is 40.5 Å². The Hall–Kier alpha value is -0.940. The summed E-state index contributed by atoms with van der Waals surface area (Å²) in [6.45, 7) is 1.85. The van der Waals surface area contributed by atoms with E-state index < -0.39 is 0 Å². The van der Waals surface area contributed by atoms with Gasteiger partial charge in [-0.15, -0.1) is 0 Å². The Balaban J connectivity index is 2.57. The van der Waals surface area contributed by atoms with E-state index >= 15 is 0 Å². The molecule has 5 heteroatoms. The lowest BCUT2D eigenvalue weighted by Crippen LogP contribution is -2.30. The molecule has 16 heavy (non-hydrogen) atoms. The molecule has 1 aliphatic heterocycles. The summed E-state index contributed by atoms with van der Waals surface area (Å²) in [7, 11) is 0. The SMILES string of the molecule is Cc1cc(Br)cc(Br)c1N1C(=O)C=CC1=O. The lowest BCUT2D eigenvalue weighted by molar-refractivity contribution is -0.120. The van der Waals surface area contributed by atoms with E-state index in [0.717, 1.165) is 14.9 Å². The number of imide groups is 1. The molecule has 0 fully saturated rings. The van der Waals surface area contributed by atoms with E-state index in [0.29, 0.717) is 10.2 Å². The molecule has 0 saturated heterocycles. The summed E-state index contributed by atoms with van der Waals surface area (Å²) >= 11 is 6.71. The zero-order valence-corrected chi connectivity index (χ0v) is 11.5. The van der Waals surface area contributed by atoms with Crippen molar-refractivity contribution in [3.05, 3.63) is 38.8 Å². The second-order valence-electron chi connectivity index (χ2n) is 3.40. The molecular weight excluding hydrogens is 338 g/mol. The topological polar surface area (TPSA) is 37.4 Å². The second-order valence-corrected chi connectivity index (χ2v) is 5.17. The fraction of sp³-hybridized carbons (Fsp3) is 0.0909. The summed E-state index contributed by atoms with van der Waals surface area (Å²) in [4.78, 5) is 24.3. The molecule has 0 saturated carbocycles. The standard InChI is InChI=1S/C11H7Br2NO2/c1-6-4-7(12)5-8(13)11(6)14-9(15)2-3-10(14)16/h2-5H,1H3. The molecule has 1 aromatic carbocycles. The third-order valence-electron chi connectivity index (χ3n) is 2.25. The van der Waals surface area contributed by atoms with Crippen LogP contribution in [-0.4, -0.2) is 11.8 Å². The van der Waals surface area contributed by atoms with Crippen LogP contribution >= 0.6 is 31.9 Å². The minimum atomic E-state index is -0.309. The van der Waals surface area contributed by atoms with Gasteiger partial charge < -0.3 is 0 Å². The number of hydrogen-bond acceptors (Lipinski definition) is 2. The molecule has 1 heterocycles. The maximum atomic E-state index is 11.6. The lowest BCUT2D eigenvalue weighted by atomic mass is 10.2. The van der Waals surface area contributed by atoms with Crippen LogP contribution in [0.25, 0.3) is 0 Å². The number of halogens is 2. The molecule has 3 nitrogen and oxygen atoms in total. The van der Waals surface area contributed by atoms with Crippen molar-refractivity contribution in [1.29, 1.82) is 0 Å². The number of aryl methyl sites for hydroxylation is 1. The van der Waals surface area contributed by atoms with E-state index in [9.17, 15) is 9.59 Å². The smallest absolute Gasteiger partial charge is 0.258 e. The van der Waals surface area contributed by atoms with Crippen LogP contribution in [0.4, 0.5) is 5.69 Å². The predicted octanol–water partition coefficient (Wildman–Crippen LogP) is 2.95. The fourth-order valence-electron chi connectivity index (χ4n) is 1.60. The van der Waals surface area contributed by atoms with Crippen molar-refractivity contribution in [2.45, 2.75) is 6.92 Å². The number of amides is 2. The first-order chi connectivity index (χ1) is 7.50. The Morgan fingerprint density at radius 2 is 1.62 bits per heavy atom. The van der Waals surface area contributed by atoms with E-state index in [4.69, 9.17) is 0 Å². The second kappa shape index (κ2) is 4.14. The summed E-state index contributed by atoms with van der Waals surface area (Å²) in [5.41, 5.74) is 1.45. The number of carbonyl (C=O) groups is 2. The summed E-state index contributed by atoms with van der Waals surface area (Å²) < 4.78 is 1.61. The van der Waals surface area contributed by atoms with Crippen molar-refractivity contribution in [1.82, 2.24) is 0 Å². The molecule has 1 aliphatic rings. The van der Waals surface area contributed by atoms with E-state index in [1.165, 1.54) is 12.2 Å². The molecule has 0 aromatic heterocycles. The van der Waals surface area contributed by atoms with Crippen molar-refractivity contribution in [2.24, 2.45) is 0 Å². The van der Waals surface area contributed by atoms with Gasteiger partial charge in [-0.2, -0.15) is 0 Å². The van der Waals surface area contributed by atoms with E-state index in [2.05, 4.69) is 31.9 Å². The predicted molar refractivity (Wildman–Crippen MR) is 68.2 cm³/mol. The Morgan fingerprint density at radius 1 is 1.06 bits per heavy atom. The lowest BCUT2D eigenvalue weighted by Gasteiger charge is -2.18. The van der Waals surface area contributed by atoms with Crippen LogP contribution in [0.5, 0.6) is 0 Å². The van der Waals surface area contributed by atoms with Crippen molar-refractivity contribution in [2.75, 3.05) is 4.90 Å². The van der Waals surface area contributed by atoms with Gasteiger partial charge in [-0.3, -0.25) is 9.59 Å². The summed E-state index contributed by atoms with van der Waals surface area (Å²) in [5, 5.41) is 0. The highest BCUT2D eigenvalue weighted by molar-refractivity contribution is 9.11. The molecular formula is C11H7Br2NO2. The fourth-order valence-corrected chi connectivity index (χ4v) is 3.21. The Morgan fingerprint density at radius 3 is 2.12 bits per heavy atom. The van der Waals surface area contributed by atoms with Crippen molar-refractivity contribution >= 4 is 49.4 Å². The average Bonchev–Trinajstić information content (AvgIpc) is 2.47. The van der Waals surface area contributed by atoms with Crippen LogP contribution in [-0.2, 0) is 9.59 Å². The quantitative estimate of drug-likeness (QED) is 0.734. The highest BCUT2D eigenvalue weighted by Gasteiger charge is 2.28. The van der Waals surface area contributed by atoms with Gasteiger partial charge in [-0.25, -0.2) is 4.90 Å². The first kappa shape index (κ1) is 11.5. The number of hydrogen-bond donors (Lipinski definition) is 0. The number of anilines is 1. The van der Waals surface area contributed by atoms with Crippen LogP contribution < -0.4 is 4.90 Å². The third-order valence-corrected chi connectivity index (χ3v) is 3.31. The molecule has 1 aromatic rings. The van der Waals surface area contributed by atoms with E-state index in [-0.39, 0.29) is 11.8 Å². The normalized spacial score (nSPS) is 15.1. The van der Waals surface area contributed by atoms with Gasteiger partial charge >= 0.3 is 0 Å². The molecule has 0 unspecified atom stereocenters. The largest absolute Gasteiger partial charge is 0.269 e. The molecule has 2 amide bonds. The molecule has 0 bridgehead atoms. The third kappa shape index (κ3) is 1.85. The maximum absolute atomic E-state index is 11.6. The first-order valence-electron chi connectivity index (χ1n) is 4.52. The molecule has 0 aliphatic carbocycles. The Labute approximate surface area is 109 Å². The van der Waals surface area contributed by atoms with Crippen LogP contribution in [0.15, 0.2) is 33.2 Å². The minimum Gasteiger partial charge on any atom is -0.269 e. The van der Waals surface area contributed by atoms with Crippen molar-refractivity contribution in [3.63, 3.8) is 0 Å². The van der Waals surface area contributed by atoms with Crippen LogP contribution in [0.1, 0.15) is 5.56 Å². The van der Waals surface area contributed by atoms with Gasteiger partial charge in [0.05, 0.1) is 5.69 Å². The van der Waals surface area contributed by atoms with Gasteiger partial charge in [0, 0.05) is 21.1 Å². The highest BCUT2D eigenvalue weighted by atomic mass is 79.9. The summed E-state index contributed by atoms with van der Waals surface area (Å²) in [6, 6.07) is 3.67. The average molecular weight is 345 g/mol. The molecule has 0 N–H and O–H groups in total. The van der Waals surface area contributed by atoms with Gasteiger partial charge in [0.2, 0.25) is 0 Å². The molecule has 0 atom stereocenters. The van der Waals surface area contributed by atoms with Crippen molar-refractivity contribution < 1.29 is 9.59 Å². The monoisotopic (exact) mass is 343 g/mol.